The molecule has 7 N–H and O–H groups in total. The van der Waals surface area contributed by atoms with Crippen LogP contribution in [0.15, 0.2) is 91.0 Å². The monoisotopic (exact) mass is 1070 g/mol. The number of nitrogens with one attached hydrogen (secondary N) is 2. The molecule has 15 nitrogen and oxygen atoms in total. The number of hydrogen-bond donors (Lipinski definition) is 6. The van der Waals surface area contributed by atoms with Crippen LogP contribution in [0.2, 0.25) is 0 Å². The summed E-state index contributed by atoms with van der Waals surface area (Å²) in [7, 11) is 0. The SMILES string of the molecule is IC1CCC1I.NC(CCC(=O)OCc1ccccc1)C(=O)O.O=C(CCC(NC1CCC1NC(CCC(=O)OCc1ccccc1)C(=O)O)C(=O)O)OCc1ccccc1. The van der Waals surface area contributed by atoms with E-state index < -0.39 is 53.9 Å². The number of benzene rings is 3. The van der Waals surface area contributed by atoms with Gasteiger partial charge in [0.1, 0.15) is 37.9 Å². The Kier molecular flexibility index (Phi) is 23.8. The number of hydrogen-bond acceptors (Lipinski definition) is 12. The smallest absolute Gasteiger partial charge is 0.320 e. The third-order valence-corrected chi connectivity index (χ3v) is 14.1. The molecule has 0 aliphatic heterocycles. The van der Waals surface area contributed by atoms with Gasteiger partial charge in [0.05, 0.1) is 0 Å². The van der Waals surface area contributed by atoms with E-state index in [1.165, 1.54) is 12.8 Å². The number of alkyl halides is 2. The Morgan fingerprint density at radius 1 is 0.525 bits per heavy atom. The van der Waals surface area contributed by atoms with Crippen molar-refractivity contribution in [2.75, 3.05) is 0 Å². The zero-order chi connectivity index (χ0) is 44.6. The van der Waals surface area contributed by atoms with Crippen molar-refractivity contribution in [3.05, 3.63) is 108 Å². The topological polar surface area (TPSA) is 241 Å². The number of carboxylic acids is 3. The summed E-state index contributed by atoms with van der Waals surface area (Å²) < 4.78 is 17.4. The molecule has 3 aromatic carbocycles. The highest BCUT2D eigenvalue weighted by molar-refractivity contribution is 14.1. The Bertz CT molecular complexity index is 1720. The quantitative estimate of drug-likeness (QED) is 0.0295. The van der Waals surface area contributed by atoms with E-state index in [1.54, 1.807) is 0 Å². The molecule has 0 spiro atoms. The summed E-state index contributed by atoms with van der Waals surface area (Å²) >= 11 is 5.02. The van der Waals surface area contributed by atoms with Crippen LogP contribution in [-0.2, 0) is 62.8 Å². The molecule has 0 radical (unpaired) electrons. The fourth-order valence-corrected chi connectivity index (χ4v) is 7.18. The Balaban J connectivity index is 0.000000352. The standard InChI is InChI=1S/C28H34N2O8.C12H15NO4.C4H6I2/c31-25(37-17-19-7-3-1-4-8-19)15-13-23(27(33)34)29-21-11-12-22(21)30-24(28(35)36)14-16-26(32)38-18-20-9-5-2-6-10-20;13-10(12(15)16)6-7-11(14)17-8-9-4-2-1-3-5-9;5-3-1-2-4(3)6/h1-10,21-24,29-30H,11-18H2,(H,33,34)(H,35,36);1-5,10H,6-8,13H2,(H,15,16);3-4H,1-2H2. The first-order valence-electron chi connectivity index (χ1n) is 20.0. The van der Waals surface area contributed by atoms with Crippen molar-refractivity contribution in [2.24, 2.45) is 5.73 Å². The Hall–Kier alpha value is -4.18. The van der Waals surface area contributed by atoms with Crippen molar-refractivity contribution in [2.45, 2.75) is 122 Å². The van der Waals surface area contributed by atoms with Gasteiger partial charge in [-0.05, 0) is 61.6 Å². The number of carbonyl (C=O) groups excluding carboxylic acids is 3. The molecule has 2 aliphatic rings. The molecule has 0 saturated heterocycles. The number of halogens is 2. The molecule has 0 amide bonds. The Labute approximate surface area is 383 Å². The number of carbonyl (C=O) groups is 6. The number of rotatable bonds is 22. The average Bonchev–Trinajstić information content (AvgIpc) is 3.26. The largest absolute Gasteiger partial charge is 0.480 e. The summed E-state index contributed by atoms with van der Waals surface area (Å²) in [6.45, 7) is 0.438. The van der Waals surface area contributed by atoms with Crippen LogP contribution in [-0.4, -0.2) is 89.2 Å². The molecular formula is C44H55I2N3O12. The van der Waals surface area contributed by atoms with Crippen molar-refractivity contribution in [1.82, 2.24) is 10.6 Å². The second-order valence-corrected chi connectivity index (χ2v) is 17.7. The molecule has 2 aliphatic carbocycles. The molecule has 7 atom stereocenters. The van der Waals surface area contributed by atoms with Gasteiger partial charge in [-0.1, -0.05) is 136 Å². The second-order valence-electron chi connectivity index (χ2n) is 14.5. The highest BCUT2D eigenvalue weighted by Gasteiger charge is 2.37. The van der Waals surface area contributed by atoms with Crippen molar-refractivity contribution in [3.8, 4) is 0 Å². The van der Waals surface area contributed by atoms with Crippen LogP contribution in [0, 0.1) is 0 Å². The van der Waals surface area contributed by atoms with Crippen molar-refractivity contribution in [1.29, 1.82) is 0 Å². The maximum absolute atomic E-state index is 12.1. The maximum atomic E-state index is 12.1. The molecule has 5 rings (SSSR count). The molecule has 332 valence electrons. The van der Waals surface area contributed by atoms with Crippen molar-refractivity contribution in [3.63, 3.8) is 0 Å². The number of nitrogens with two attached hydrogens (primary N) is 1. The first-order chi connectivity index (χ1) is 29.2. The molecule has 2 saturated carbocycles. The molecule has 0 aromatic heterocycles. The summed E-state index contributed by atoms with van der Waals surface area (Å²) in [5, 5.41) is 33.8. The van der Waals surface area contributed by atoms with E-state index in [1.807, 2.05) is 91.0 Å². The lowest BCUT2D eigenvalue weighted by molar-refractivity contribution is -0.147. The van der Waals surface area contributed by atoms with E-state index >= 15 is 0 Å². The normalized spacial score (nSPS) is 18.9. The third-order valence-electron chi connectivity index (χ3n) is 9.79. The van der Waals surface area contributed by atoms with E-state index in [4.69, 9.17) is 25.1 Å². The molecule has 61 heavy (non-hydrogen) atoms. The Morgan fingerprint density at radius 3 is 1.08 bits per heavy atom. The third kappa shape index (κ3) is 21.0. The summed E-state index contributed by atoms with van der Waals surface area (Å²) in [5.74, 6) is -4.72. The lowest BCUT2D eigenvalue weighted by Gasteiger charge is -2.41. The van der Waals surface area contributed by atoms with E-state index in [-0.39, 0.29) is 70.4 Å². The van der Waals surface area contributed by atoms with Crippen LogP contribution in [0.4, 0.5) is 0 Å². The minimum atomic E-state index is -1.11. The van der Waals surface area contributed by atoms with Gasteiger partial charge in [0, 0.05) is 39.2 Å². The van der Waals surface area contributed by atoms with Crippen LogP contribution in [0.5, 0.6) is 0 Å². The first kappa shape index (κ1) is 51.2. The van der Waals surface area contributed by atoms with Gasteiger partial charge < -0.3 is 45.9 Å². The van der Waals surface area contributed by atoms with Gasteiger partial charge in [-0.15, -0.1) is 0 Å². The molecule has 0 heterocycles. The minimum Gasteiger partial charge on any atom is -0.480 e. The van der Waals surface area contributed by atoms with Gasteiger partial charge in [0.15, 0.2) is 0 Å². The summed E-state index contributed by atoms with van der Waals surface area (Å²) in [5.41, 5.74) is 7.84. The summed E-state index contributed by atoms with van der Waals surface area (Å²) in [6.07, 6.45) is 4.28. The zero-order valence-corrected chi connectivity index (χ0v) is 38.1. The van der Waals surface area contributed by atoms with Crippen LogP contribution < -0.4 is 16.4 Å². The average molecular weight is 1070 g/mol. The number of esters is 3. The fraction of sp³-hybridized carbons (Fsp3) is 0.455. The number of aliphatic carboxylic acids is 3. The molecule has 7 unspecified atom stereocenters. The van der Waals surface area contributed by atoms with Crippen molar-refractivity contribution < 1.29 is 58.3 Å². The fourth-order valence-electron chi connectivity index (χ4n) is 5.74. The molecule has 0 bridgehead atoms. The maximum Gasteiger partial charge on any atom is 0.320 e. The highest BCUT2D eigenvalue weighted by Crippen LogP contribution is 2.33. The predicted molar refractivity (Wildman–Crippen MR) is 243 cm³/mol. The van der Waals surface area contributed by atoms with Gasteiger partial charge in [0.2, 0.25) is 0 Å². The minimum absolute atomic E-state index is 0.0142. The van der Waals surface area contributed by atoms with Gasteiger partial charge in [-0.3, -0.25) is 28.8 Å². The second kappa shape index (κ2) is 28.4. The number of carboxylic acid groups (broad SMARTS) is 3. The van der Waals surface area contributed by atoms with Crippen LogP contribution in [0.3, 0.4) is 0 Å². The van der Waals surface area contributed by atoms with E-state index in [2.05, 4.69) is 55.8 Å². The van der Waals surface area contributed by atoms with Crippen LogP contribution >= 0.6 is 45.2 Å². The molecule has 2 fully saturated rings. The van der Waals surface area contributed by atoms with Gasteiger partial charge in [-0.2, -0.15) is 0 Å². The first-order valence-corrected chi connectivity index (χ1v) is 22.5. The predicted octanol–water partition coefficient (Wildman–Crippen LogP) is 5.96. The van der Waals surface area contributed by atoms with Gasteiger partial charge in [-0.25, -0.2) is 0 Å². The van der Waals surface area contributed by atoms with Crippen LogP contribution in [0.1, 0.15) is 80.9 Å². The molecule has 17 heteroatoms. The summed E-state index contributed by atoms with van der Waals surface area (Å²) in [4.78, 5) is 69.4. The molecular weight excluding hydrogens is 1020 g/mol. The number of ether oxygens (including phenoxy) is 3. The van der Waals surface area contributed by atoms with Crippen LogP contribution in [0.25, 0.3) is 0 Å². The highest BCUT2D eigenvalue weighted by atomic mass is 127. The summed E-state index contributed by atoms with van der Waals surface area (Å²) in [6, 6.07) is 24.1. The van der Waals surface area contributed by atoms with Crippen molar-refractivity contribution >= 4 is 81.0 Å². The molecule has 3 aromatic rings. The van der Waals surface area contributed by atoms with E-state index in [0.29, 0.717) is 12.8 Å². The Morgan fingerprint density at radius 2 is 0.836 bits per heavy atom. The zero-order valence-electron chi connectivity index (χ0n) is 33.7. The van der Waals surface area contributed by atoms with E-state index in [9.17, 15) is 39.0 Å². The van der Waals surface area contributed by atoms with Gasteiger partial charge >= 0.3 is 35.8 Å². The van der Waals surface area contributed by atoms with Gasteiger partial charge in [0.25, 0.3) is 0 Å². The van der Waals surface area contributed by atoms with E-state index in [0.717, 1.165) is 24.5 Å². The lowest BCUT2D eigenvalue weighted by atomic mass is 9.84. The lowest BCUT2D eigenvalue weighted by Crippen LogP contribution is -2.61.